The summed E-state index contributed by atoms with van der Waals surface area (Å²) in [6.07, 6.45) is 2.84. The Morgan fingerprint density at radius 3 is 2.29 bits per heavy atom. The van der Waals surface area contributed by atoms with E-state index < -0.39 is 9.84 Å². The third-order valence-electron chi connectivity index (χ3n) is 3.47. The topological polar surface area (TPSA) is 86.6 Å². The van der Waals surface area contributed by atoms with Crippen LogP contribution in [0.4, 0.5) is 0 Å². The first kappa shape index (κ1) is 15.7. The molecular weight excluding hydrogens is 322 g/mol. The Morgan fingerprint density at radius 1 is 1.04 bits per heavy atom. The molecule has 1 N–H and O–H groups in total. The van der Waals surface area contributed by atoms with Gasteiger partial charge in [-0.05, 0) is 18.2 Å². The van der Waals surface area contributed by atoms with Crippen molar-refractivity contribution in [2.24, 2.45) is 0 Å². The van der Waals surface area contributed by atoms with E-state index in [0.717, 1.165) is 5.56 Å². The first-order chi connectivity index (χ1) is 11.6. The van der Waals surface area contributed by atoms with Crippen LogP contribution < -0.4 is 0 Å². The van der Waals surface area contributed by atoms with Crippen LogP contribution in [0.15, 0.2) is 76.7 Å². The predicted octanol–water partition coefficient (Wildman–Crippen LogP) is 3.42. The van der Waals surface area contributed by atoms with Crippen LogP contribution in [0, 0.1) is 11.3 Å². The molecule has 6 heteroatoms. The van der Waals surface area contributed by atoms with E-state index in [2.05, 4.69) is 10.2 Å². The number of nitriles is 1. The maximum Gasteiger partial charge on any atom is 0.216 e. The van der Waals surface area contributed by atoms with Gasteiger partial charge in [0, 0.05) is 11.1 Å². The molecule has 0 aliphatic carbocycles. The molecule has 0 amide bonds. The summed E-state index contributed by atoms with van der Waals surface area (Å²) in [6, 6.07) is 19.1. The van der Waals surface area contributed by atoms with Crippen molar-refractivity contribution < 1.29 is 8.42 Å². The zero-order chi connectivity index (χ0) is 17.0. The highest BCUT2D eigenvalue weighted by Crippen LogP contribution is 2.26. The van der Waals surface area contributed by atoms with Gasteiger partial charge in [-0.1, -0.05) is 48.5 Å². The first-order valence-corrected chi connectivity index (χ1v) is 8.62. The Hall–Kier alpha value is -3.17. The summed E-state index contributed by atoms with van der Waals surface area (Å²) in [4.78, 5) is -0.241. The van der Waals surface area contributed by atoms with Crippen molar-refractivity contribution in [3.63, 3.8) is 0 Å². The Morgan fingerprint density at radius 2 is 1.67 bits per heavy atom. The first-order valence-electron chi connectivity index (χ1n) is 7.13. The van der Waals surface area contributed by atoms with Crippen LogP contribution in [-0.4, -0.2) is 18.6 Å². The van der Waals surface area contributed by atoms with Crippen LogP contribution in [0.5, 0.6) is 0 Å². The molecule has 0 aliphatic heterocycles. The quantitative estimate of drug-likeness (QED) is 0.740. The number of sulfone groups is 1. The average molecular weight is 335 g/mol. The SMILES string of the molecule is N#C/C(=C/c1cn[nH]c1-c1ccccc1)S(=O)(=O)c1ccccc1. The van der Waals surface area contributed by atoms with Gasteiger partial charge in [0.2, 0.25) is 9.84 Å². The second kappa shape index (κ2) is 6.52. The average Bonchev–Trinajstić information content (AvgIpc) is 3.09. The van der Waals surface area contributed by atoms with Gasteiger partial charge in [-0.2, -0.15) is 10.4 Å². The molecule has 0 saturated carbocycles. The Balaban J connectivity index is 2.08. The number of hydrogen-bond donors (Lipinski definition) is 1. The molecule has 118 valence electrons. The molecule has 0 aliphatic rings. The van der Waals surface area contributed by atoms with Gasteiger partial charge in [-0.15, -0.1) is 0 Å². The highest BCUT2D eigenvalue weighted by Gasteiger charge is 2.21. The minimum atomic E-state index is -3.87. The summed E-state index contributed by atoms with van der Waals surface area (Å²) in [7, 11) is -3.87. The minimum absolute atomic E-state index is 0.0857. The Labute approximate surface area is 139 Å². The molecule has 0 radical (unpaired) electrons. The van der Waals surface area contributed by atoms with E-state index in [-0.39, 0.29) is 9.80 Å². The second-order valence-electron chi connectivity index (χ2n) is 5.00. The van der Waals surface area contributed by atoms with Gasteiger partial charge in [0.15, 0.2) is 0 Å². The number of rotatable bonds is 4. The van der Waals surface area contributed by atoms with Crippen molar-refractivity contribution in [2.75, 3.05) is 0 Å². The second-order valence-corrected chi connectivity index (χ2v) is 6.92. The zero-order valence-corrected chi connectivity index (χ0v) is 13.4. The summed E-state index contributed by atoms with van der Waals surface area (Å²) in [5.74, 6) is 0. The maximum atomic E-state index is 12.6. The molecule has 3 aromatic rings. The lowest BCUT2D eigenvalue weighted by Crippen LogP contribution is -2.03. The molecule has 0 fully saturated rings. The fraction of sp³-hybridized carbons (Fsp3) is 0. The number of aromatic amines is 1. The smallest absolute Gasteiger partial charge is 0.216 e. The van der Waals surface area contributed by atoms with Gasteiger partial charge in [-0.25, -0.2) is 8.42 Å². The standard InChI is InChI=1S/C18H13N3O2S/c19-12-17(24(22,23)16-9-5-2-6-10-16)11-15-13-20-21-18(15)14-7-3-1-4-8-14/h1-11,13H,(H,20,21)/b17-11-. The van der Waals surface area contributed by atoms with Gasteiger partial charge >= 0.3 is 0 Å². The van der Waals surface area contributed by atoms with E-state index in [1.165, 1.54) is 24.4 Å². The number of H-pyrrole nitrogens is 1. The van der Waals surface area contributed by atoms with E-state index >= 15 is 0 Å². The lowest BCUT2D eigenvalue weighted by molar-refractivity contribution is 0.603. The normalized spacial score (nSPS) is 11.9. The van der Waals surface area contributed by atoms with Crippen molar-refractivity contribution in [3.8, 4) is 17.3 Å². The Kier molecular flexibility index (Phi) is 4.27. The van der Waals surface area contributed by atoms with Gasteiger partial charge in [0.25, 0.3) is 0 Å². The largest absolute Gasteiger partial charge is 0.277 e. The maximum absolute atomic E-state index is 12.6. The highest BCUT2D eigenvalue weighted by molar-refractivity contribution is 7.95. The fourth-order valence-electron chi connectivity index (χ4n) is 2.28. The molecule has 0 bridgehead atoms. The number of benzene rings is 2. The molecule has 3 rings (SSSR count). The van der Waals surface area contributed by atoms with E-state index in [1.54, 1.807) is 24.3 Å². The summed E-state index contributed by atoms with van der Waals surface area (Å²) in [5, 5.41) is 16.2. The lowest BCUT2D eigenvalue weighted by Gasteiger charge is -2.03. The van der Waals surface area contributed by atoms with Crippen molar-refractivity contribution in [2.45, 2.75) is 4.90 Å². The zero-order valence-electron chi connectivity index (χ0n) is 12.5. The van der Waals surface area contributed by atoms with Crippen LogP contribution in [0.2, 0.25) is 0 Å². The number of nitrogens with zero attached hydrogens (tertiary/aromatic N) is 2. The third-order valence-corrected chi connectivity index (χ3v) is 5.15. The van der Waals surface area contributed by atoms with Crippen LogP contribution >= 0.6 is 0 Å². The van der Waals surface area contributed by atoms with Crippen molar-refractivity contribution in [3.05, 3.63) is 77.3 Å². The minimum Gasteiger partial charge on any atom is -0.277 e. The monoisotopic (exact) mass is 335 g/mol. The van der Waals surface area contributed by atoms with E-state index in [9.17, 15) is 13.7 Å². The number of allylic oxidation sites excluding steroid dienone is 1. The number of hydrogen-bond acceptors (Lipinski definition) is 4. The molecule has 1 heterocycles. The summed E-state index contributed by atoms with van der Waals surface area (Å²) in [5.41, 5.74) is 2.06. The molecule has 1 aromatic heterocycles. The summed E-state index contributed by atoms with van der Waals surface area (Å²) in [6.45, 7) is 0. The predicted molar refractivity (Wildman–Crippen MR) is 91.2 cm³/mol. The fourth-order valence-corrected chi connectivity index (χ4v) is 3.45. The van der Waals surface area contributed by atoms with Crippen LogP contribution in [0.3, 0.4) is 0 Å². The molecular formula is C18H13N3O2S. The van der Waals surface area contributed by atoms with Crippen LogP contribution in [0.25, 0.3) is 17.3 Å². The summed E-state index contributed by atoms with van der Waals surface area (Å²) >= 11 is 0. The molecule has 24 heavy (non-hydrogen) atoms. The van der Waals surface area contributed by atoms with E-state index in [0.29, 0.717) is 11.3 Å². The number of aromatic nitrogens is 2. The molecule has 0 unspecified atom stereocenters. The molecule has 5 nitrogen and oxygen atoms in total. The van der Waals surface area contributed by atoms with Gasteiger partial charge in [0.05, 0.1) is 16.8 Å². The lowest BCUT2D eigenvalue weighted by atomic mass is 10.1. The third kappa shape index (κ3) is 2.98. The van der Waals surface area contributed by atoms with Crippen molar-refractivity contribution in [1.29, 1.82) is 5.26 Å². The summed E-state index contributed by atoms with van der Waals surface area (Å²) < 4.78 is 25.2. The molecule has 0 saturated heterocycles. The van der Waals surface area contributed by atoms with Crippen LogP contribution in [-0.2, 0) is 9.84 Å². The van der Waals surface area contributed by atoms with Gasteiger partial charge in [0.1, 0.15) is 11.0 Å². The van der Waals surface area contributed by atoms with Gasteiger partial charge < -0.3 is 0 Å². The van der Waals surface area contributed by atoms with Crippen LogP contribution in [0.1, 0.15) is 5.56 Å². The highest BCUT2D eigenvalue weighted by atomic mass is 32.2. The van der Waals surface area contributed by atoms with Crippen molar-refractivity contribution >= 4 is 15.9 Å². The van der Waals surface area contributed by atoms with Gasteiger partial charge in [-0.3, -0.25) is 5.10 Å². The molecule has 2 aromatic carbocycles. The van der Waals surface area contributed by atoms with Crippen molar-refractivity contribution in [1.82, 2.24) is 10.2 Å². The molecule has 0 atom stereocenters. The van der Waals surface area contributed by atoms with E-state index in [4.69, 9.17) is 0 Å². The van der Waals surface area contributed by atoms with E-state index in [1.807, 2.05) is 30.3 Å². The number of nitrogens with one attached hydrogen (secondary N) is 1. The molecule has 0 spiro atoms. The Bertz CT molecular complexity index is 1010.